The maximum absolute atomic E-state index is 11.4. The minimum absolute atomic E-state index is 0.0473. The van der Waals surface area contributed by atoms with E-state index in [0.29, 0.717) is 5.56 Å². The van der Waals surface area contributed by atoms with Crippen molar-refractivity contribution in [2.45, 2.75) is 17.9 Å². The van der Waals surface area contributed by atoms with Crippen LogP contribution in [0.5, 0.6) is 0 Å². The van der Waals surface area contributed by atoms with Gasteiger partial charge >= 0.3 is 0 Å². The number of nitrogens with one attached hydrogen (secondary N) is 1. The maximum Gasteiger partial charge on any atom is 0.292 e. The largest absolute Gasteiger partial charge is 0.373 e. The zero-order valence-corrected chi connectivity index (χ0v) is 13.4. The molecule has 0 aliphatic rings. The molecule has 9 heteroatoms. The first-order valence-corrected chi connectivity index (χ1v) is 8.35. The molecule has 1 unspecified atom stereocenters. The fraction of sp³-hybridized carbons (Fsp3) is 0.133. The van der Waals surface area contributed by atoms with Crippen LogP contribution in [0.15, 0.2) is 47.4 Å². The number of primary sulfonamides is 1. The molecule has 0 bridgehead atoms. The highest BCUT2D eigenvalue weighted by Gasteiger charge is 2.18. The molecule has 24 heavy (non-hydrogen) atoms. The number of nitro benzene ring substituents is 1. The highest BCUT2D eigenvalue weighted by atomic mass is 32.2. The summed E-state index contributed by atoms with van der Waals surface area (Å²) >= 11 is 0. The molecular weight excluding hydrogens is 332 g/mol. The summed E-state index contributed by atoms with van der Waals surface area (Å²) in [4.78, 5) is 10.5. The Morgan fingerprint density at radius 2 is 2.00 bits per heavy atom. The van der Waals surface area contributed by atoms with Gasteiger partial charge in [-0.05, 0) is 36.8 Å². The first kappa shape index (κ1) is 17.4. The number of anilines is 1. The van der Waals surface area contributed by atoms with Crippen LogP contribution in [-0.4, -0.2) is 13.3 Å². The van der Waals surface area contributed by atoms with E-state index in [1.165, 1.54) is 36.4 Å². The van der Waals surface area contributed by atoms with Crippen molar-refractivity contribution >= 4 is 21.4 Å². The lowest BCUT2D eigenvalue weighted by molar-refractivity contribution is -0.384. The second kappa shape index (κ2) is 6.66. The Bertz CT molecular complexity index is 935. The van der Waals surface area contributed by atoms with Crippen LogP contribution in [0, 0.1) is 21.4 Å². The molecule has 1 atom stereocenters. The van der Waals surface area contributed by atoms with E-state index >= 15 is 0 Å². The number of hydrogen-bond donors (Lipinski definition) is 2. The fourth-order valence-corrected chi connectivity index (χ4v) is 2.73. The Kier molecular flexibility index (Phi) is 4.82. The maximum atomic E-state index is 11.4. The van der Waals surface area contributed by atoms with Crippen LogP contribution in [0.2, 0.25) is 0 Å². The predicted molar refractivity (Wildman–Crippen MR) is 87.7 cm³/mol. The summed E-state index contributed by atoms with van der Waals surface area (Å²) in [5.74, 6) is 0. The van der Waals surface area contributed by atoms with Gasteiger partial charge in [-0.15, -0.1) is 0 Å². The van der Waals surface area contributed by atoms with E-state index < -0.39 is 21.0 Å². The summed E-state index contributed by atoms with van der Waals surface area (Å²) in [5.41, 5.74) is 0.850. The molecule has 0 radical (unpaired) electrons. The van der Waals surface area contributed by atoms with E-state index in [9.17, 15) is 18.5 Å². The summed E-state index contributed by atoms with van der Waals surface area (Å²) < 4.78 is 22.8. The van der Waals surface area contributed by atoms with Gasteiger partial charge in [0.15, 0.2) is 0 Å². The minimum Gasteiger partial charge on any atom is -0.373 e. The Morgan fingerprint density at radius 1 is 1.29 bits per heavy atom. The van der Waals surface area contributed by atoms with E-state index in [4.69, 9.17) is 10.4 Å². The van der Waals surface area contributed by atoms with Crippen LogP contribution >= 0.6 is 0 Å². The standard InChI is InChI=1S/C15H14N4O4S/c1-10(12-3-2-4-13(8-12)24(17,22)23)18-14-7-11(9-16)5-6-15(14)19(20)21/h2-8,10,18H,1H3,(H2,17,22,23). The van der Waals surface area contributed by atoms with Crippen LogP contribution in [-0.2, 0) is 10.0 Å². The van der Waals surface area contributed by atoms with Gasteiger partial charge in [-0.2, -0.15) is 5.26 Å². The molecule has 0 saturated heterocycles. The zero-order chi connectivity index (χ0) is 17.9. The number of nitrogens with zero attached hydrogens (tertiary/aromatic N) is 2. The molecule has 0 saturated carbocycles. The summed E-state index contributed by atoms with van der Waals surface area (Å²) in [6.07, 6.45) is 0. The number of nitro groups is 1. The first-order valence-electron chi connectivity index (χ1n) is 6.80. The van der Waals surface area contributed by atoms with Gasteiger partial charge in [0.05, 0.1) is 21.5 Å². The van der Waals surface area contributed by atoms with E-state index in [2.05, 4.69) is 5.32 Å². The number of sulfonamides is 1. The monoisotopic (exact) mass is 346 g/mol. The molecule has 2 aromatic carbocycles. The average Bonchev–Trinajstić information content (AvgIpc) is 2.53. The summed E-state index contributed by atoms with van der Waals surface area (Å²) in [6, 6.07) is 11.4. The third kappa shape index (κ3) is 3.87. The van der Waals surface area contributed by atoms with E-state index in [1.807, 2.05) is 6.07 Å². The molecule has 0 spiro atoms. The van der Waals surface area contributed by atoms with Crippen molar-refractivity contribution in [3.8, 4) is 6.07 Å². The smallest absolute Gasteiger partial charge is 0.292 e. The molecule has 0 heterocycles. The van der Waals surface area contributed by atoms with Crippen molar-refractivity contribution in [2.75, 3.05) is 5.32 Å². The Morgan fingerprint density at radius 3 is 2.58 bits per heavy atom. The lowest BCUT2D eigenvalue weighted by Crippen LogP contribution is -2.14. The molecule has 0 fully saturated rings. The molecule has 0 aliphatic heterocycles. The van der Waals surface area contributed by atoms with Crippen molar-refractivity contribution in [1.82, 2.24) is 0 Å². The van der Waals surface area contributed by atoms with Gasteiger partial charge in [-0.1, -0.05) is 12.1 Å². The van der Waals surface area contributed by atoms with Crippen molar-refractivity contribution in [2.24, 2.45) is 5.14 Å². The third-order valence-electron chi connectivity index (χ3n) is 3.38. The summed E-state index contributed by atoms with van der Waals surface area (Å²) in [7, 11) is -3.84. The lowest BCUT2D eigenvalue weighted by Gasteiger charge is -2.16. The summed E-state index contributed by atoms with van der Waals surface area (Å²) in [5, 5.41) is 28.1. The summed E-state index contributed by atoms with van der Waals surface area (Å²) in [6.45, 7) is 1.71. The number of rotatable bonds is 5. The minimum atomic E-state index is -3.84. The Labute approximate surface area is 138 Å². The van der Waals surface area contributed by atoms with Gasteiger partial charge in [-0.25, -0.2) is 13.6 Å². The third-order valence-corrected chi connectivity index (χ3v) is 4.29. The van der Waals surface area contributed by atoms with Crippen molar-refractivity contribution in [3.05, 3.63) is 63.7 Å². The SMILES string of the molecule is CC(Nc1cc(C#N)ccc1[N+](=O)[O-])c1cccc(S(N)(=O)=O)c1. The molecular formula is C15H14N4O4S. The van der Waals surface area contributed by atoms with Gasteiger partial charge in [-0.3, -0.25) is 10.1 Å². The second-order valence-electron chi connectivity index (χ2n) is 5.08. The number of nitrogens with two attached hydrogens (primary N) is 1. The topological polar surface area (TPSA) is 139 Å². The lowest BCUT2D eigenvalue weighted by atomic mass is 10.1. The fourth-order valence-electron chi connectivity index (χ4n) is 2.16. The van der Waals surface area contributed by atoms with Crippen LogP contribution in [0.4, 0.5) is 11.4 Å². The number of nitriles is 1. The molecule has 8 nitrogen and oxygen atoms in total. The van der Waals surface area contributed by atoms with Crippen LogP contribution in [0.3, 0.4) is 0 Å². The second-order valence-corrected chi connectivity index (χ2v) is 6.65. The zero-order valence-electron chi connectivity index (χ0n) is 12.6. The molecule has 3 N–H and O–H groups in total. The van der Waals surface area contributed by atoms with E-state index in [-0.39, 0.29) is 21.8 Å². The van der Waals surface area contributed by atoms with Crippen LogP contribution < -0.4 is 10.5 Å². The Balaban J connectivity index is 2.38. The first-order chi connectivity index (χ1) is 11.2. The van der Waals surface area contributed by atoms with Gasteiger partial charge < -0.3 is 5.32 Å². The molecule has 2 aromatic rings. The number of benzene rings is 2. The average molecular weight is 346 g/mol. The van der Waals surface area contributed by atoms with Gasteiger partial charge in [0.25, 0.3) is 5.69 Å². The highest BCUT2D eigenvalue weighted by molar-refractivity contribution is 7.89. The molecule has 124 valence electrons. The van der Waals surface area contributed by atoms with Gasteiger partial charge in [0.1, 0.15) is 5.69 Å². The quantitative estimate of drug-likeness (QED) is 0.629. The van der Waals surface area contributed by atoms with Gasteiger partial charge in [0.2, 0.25) is 10.0 Å². The van der Waals surface area contributed by atoms with E-state index in [0.717, 1.165) is 0 Å². The highest BCUT2D eigenvalue weighted by Crippen LogP contribution is 2.29. The molecule has 0 aliphatic carbocycles. The normalized spacial score (nSPS) is 12.2. The number of hydrogen-bond acceptors (Lipinski definition) is 6. The molecule has 0 aromatic heterocycles. The van der Waals surface area contributed by atoms with Crippen molar-refractivity contribution in [1.29, 1.82) is 5.26 Å². The van der Waals surface area contributed by atoms with Crippen LogP contribution in [0.1, 0.15) is 24.1 Å². The van der Waals surface area contributed by atoms with Crippen molar-refractivity contribution in [3.63, 3.8) is 0 Å². The van der Waals surface area contributed by atoms with Crippen LogP contribution in [0.25, 0.3) is 0 Å². The van der Waals surface area contributed by atoms with E-state index in [1.54, 1.807) is 13.0 Å². The molecule has 0 amide bonds. The predicted octanol–water partition coefficient (Wildman–Crippen LogP) is 2.29. The molecule has 2 rings (SSSR count). The Hall–Kier alpha value is -2.96. The van der Waals surface area contributed by atoms with Crippen molar-refractivity contribution < 1.29 is 13.3 Å². The van der Waals surface area contributed by atoms with Gasteiger partial charge in [0, 0.05) is 12.1 Å².